The standard InChI is InChI=1S/C22H14S.C14H14N3.Na/c1-2-8-17-15(6-1)7-5-10-18(17)16-12-13-22-20(14-16)19-9-3-4-11-21(19)23-22;15-13(11-7-3-1-4-8-11)17-14(16)12-9-5-2-6-10-12;/h1-7,9-14,16H;1-10,13,15H,(H2,16,17);/q-2;-1;+1. The van der Waals surface area contributed by atoms with Crippen LogP contribution in [0.15, 0.2) is 126 Å². The predicted molar refractivity (Wildman–Crippen MR) is 171 cm³/mol. The molecule has 0 bridgehead atoms. The minimum absolute atomic E-state index is 0. The van der Waals surface area contributed by atoms with Crippen molar-refractivity contribution in [1.82, 2.24) is 0 Å². The van der Waals surface area contributed by atoms with E-state index in [-0.39, 0.29) is 29.6 Å². The summed E-state index contributed by atoms with van der Waals surface area (Å²) in [5, 5.41) is 5.23. The second kappa shape index (κ2) is 13.3. The summed E-state index contributed by atoms with van der Waals surface area (Å²) in [6.07, 6.45) is 6.33. The van der Waals surface area contributed by atoms with Crippen LogP contribution in [0.1, 0.15) is 28.8 Å². The molecular formula is C36H28N3NaS-2. The van der Waals surface area contributed by atoms with E-state index in [1.165, 1.54) is 36.2 Å². The molecule has 0 amide bonds. The van der Waals surface area contributed by atoms with Crippen molar-refractivity contribution in [2.24, 2.45) is 10.7 Å². The molecule has 1 aliphatic carbocycles. The Bertz CT molecular complexity index is 1910. The molecule has 0 saturated heterocycles. The molecule has 2 atom stereocenters. The number of aliphatic imine (C=N–C) groups is 1. The molecule has 0 spiro atoms. The number of nitrogens with one attached hydrogen (secondary N) is 1. The average Bonchev–Trinajstić information content (AvgIpc) is 3.40. The Labute approximate surface area is 266 Å². The van der Waals surface area contributed by atoms with Crippen molar-refractivity contribution in [1.29, 1.82) is 0 Å². The molecule has 1 aromatic heterocycles. The second-order valence-electron chi connectivity index (χ2n) is 9.60. The van der Waals surface area contributed by atoms with E-state index in [4.69, 9.17) is 11.5 Å². The second-order valence-corrected chi connectivity index (χ2v) is 10.7. The molecule has 196 valence electrons. The van der Waals surface area contributed by atoms with E-state index in [9.17, 15) is 0 Å². The molecule has 6 aromatic rings. The number of thiophene rings is 1. The summed E-state index contributed by atoms with van der Waals surface area (Å²) in [7, 11) is 0. The van der Waals surface area contributed by atoms with E-state index < -0.39 is 6.17 Å². The first-order valence-electron chi connectivity index (χ1n) is 13.3. The normalized spacial score (nSPS) is 14.8. The van der Waals surface area contributed by atoms with Crippen LogP contribution >= 0.6 is 11.3 Å². The monoisotopic (exact) mass is 557 g/mol. The van der Waals surface area contributed by atoms with Gasteiger partial charge in [0.1, 0.15) is 5.84 Å². The first-order valence-corrected chi connectivity index (χ1v) is 14.1. The van der Waals surface area contributed by atoms with Crippen LogP contribution in [-0.2, 0) is 0 Å². The maximum absolute atomic E-state index is 7.93. The third kappa shape index (κ3) is 6.48. The van der Waals surface area contributed by atoms with Gasteiger partial charge in [0.05, 0.1) is 0 Å². The van der Waals surface area contributed by atoms with E-state index in [0.717, 1.165) is 11.1 Å². The molecule has 0 radical (unpaired) electrons. The molecule has 41 heavy (non-hydrogen) atoms. The van der Waals surface area contributed by atoms with Crippen LogP contribution < -0.4 is 45.0 Å². The van der Waals surface area contributed by atoms with Crippen molar-refractivity contribution in [2.75, 3.05) is 0 Å². The molecule has 0 saturated carbocycles. The van der Waals surface area contributed by atoms with Gasteiger partial charge in [-0.3, -0.25) is 4.99 Å². The SMILES string of the molecule is [NH-]C(/N=C(\N)c1ccccc1)c1ccccc1.[Na+].[c-]1cccc2cccc(C3C=c4c(sc5ccccc45)=C[CH-]3)c12. The molecule has 3 N–H and O–H groups in total. The summed E-state index contributed by atoms with van der Waals surface area (Å²) in [6, 6.07) is 43.8. The van der Waals surface area contributed by atoms with Gasteiger partial charge in [0.15, 0.2) is 0 Å². The number of amidine groups is 1. The van der Waals surface area contributed by atoms with Crippen LogP contribution in [0.5, 0.6) is 0 Å². The maximum Gasteiger partial charge on any atom is 1.00 e. The van der Waals surface area contributed by atoms with Crippen molar-refractivity contribution in [3.63, 3.8) is 0 Å². The van der Waals surface area contributed by atoms with Gasteiger partial charge in [-0.2, -0.15) is 0 Å². The van der Waals surface area contributed by atoms with Crippen LogP contribution in [0.25, 0.3) is 38.7 Å². The minimum atomic E-state index is -0.670. The van der Waals surface area contributed by atoms with Crippen molar-refractivity contribution < 1.29 is 29.6 Å². The van der Waals surface area contributed by atoms with Gasteiger partial charge in [0.2, 0.25) is 0 Å². The number of nitrogens with zero attached hydrogens (tertiary/aromatic N) is 1. The van der Waals surface area contributed by atoms with Crippen LogP contribution in [0.4, 0.5) is 0 Å². The Morgan fingerprint density at radius 1 is 0.854 bits per heavy atom. The fourth-order valence-corrected chi connectivity index (χ4v) is 6.09. The molecular weight excluding hydrogens is 529 g/mol. The van der Waals surface area contributed by atoms with Gasteiger partial charge >= 0.3 is 29.6 Å². The Hall–Kier alpha value is -3.64. The molecule has 2 unspecified atom stereocenters. The summed E-state index contributed by atoms with van der Waals surface area (Å²) in [5.41, 5.74) is 16.8. The maximum atomic E-state index is 7.93. The van der Waals surface area contributed by atoms with Crippen LogP contribution in [0.2, 0.25) is 0 Å². The number of fused-ring (bicyclic) bond motifs is 4. The number of benzene rings is 5. The minimum Gasteiger partial charge on any atom is -0.652 e. The number of rotatable bonds is 4. The fourth-order valence-electron chi connectivity index (χ4n) is 4.99. The topological polar surface area (TPSA) is 62.2 Å². The third-order valence-electron chi connectivity index (χ3n) is 7.00. The van der Waals surface area contributed by atoms with E-state index in [2.05, 4.69) is 84.2 Å². The number of hydrogen-bond donors (Lipinski definition) is 1. The van der Waals surface area contributed by atoms with Gasteiger partial charge in [0, 0.05) is 10.3 Å². The molecule has 5 heteroatoms. The van der Waals surface area contributed by atoms with Crippen molar-refractivity contribution >= 4 is 50.2 Å². The zero-order valence-electron chi connectivity index (χ0n) is 22.9. The average molecular weight is 558 g/mol. The Morgan fingerprint density at radius 2 is 1.56 bits per heavy atom. The number of nitrogens with two attached hydrogens (primary N) is 1. The zero-order valence-corrected chi connectivity index (χ0v) is 25.7. The van der Waals surface area contributed by atoms with Gasteiger partial charge in [-0.05, 0) is 23.2 Å². The van der Waals surface area contributed by atoms with Crippen LogP contribution in [0, 0.1) is 12.5 Å². The third-order valence-corrected chi connectivity index (χ3v) is 8.16. The van der Waals surface area contributed by atoms with Crippen molar-refractivity contribution in [2.45, 2.75) is 12.1 Å². The summed E-state index contributed by atoms with van der Waals surface area (Å²) in [4.78, 5) is 4.18. The molecule has 1 heterocycles. The molecule has 5 aromatic carbocycles. The Morgan fingerprint density at radius 3 is 2.37 bits per heavy atom. The van der Waals surface area contributed by atoms with Crippen LogP contribution in [0.3, 0.4) is 0 Å². The van der Waals surface area contributed by atoms with Crippen molar-refractivity contribution in [3.8, 4) is 0 Å². The zero-order chi connectivity index (χ0) is 27.3. The van der Waals surface area contributed by atoms with E-state index in [1.807, 2.05) is 78.1 Å². The van der Waals surface area contributed by atoms with Crippen LogP contribution in [-0.4, -0.2) is 5.84 Å². The first kappa shape index (κ1) is 28.9. The van der Waals surface area contributed by atoms with Gasteiger partial charge in [-0.25, -0.2) is 23.8 Å². The van der Waals surface area contributed by atoms with Gasteiger partial charge < -0.3 is 11.5 Å². The quantitative estimate of drug-likeness (QED) is 0.147. The molecule has 7 rings (SSSR count). The smallest absolute Gasteiger partial charge is 0.652 e. The van der Waals surface area contributed by atoms with Gasteiger partial charge in [-0.15, -0.1) is 57.3 Å². The Kier molecular flexibility index (Phi) is 9.40. The summed E-state index contributed by atoms with van der Waals surface area (Å²) >= 11 is 1.87. The summed E-state index contributed by atoms with van der Waals surface area (Å²) < 4.78 is 2.73. The van der Waals surface area contributed by atoms with Gasteiger partial charge in [0.25, 0.3) is 0 Å². The molecule has 0 aliphatic heterocycles. The first-order chi connectivity index (χ1) is 19.7. The van der Waals surface area contributed by atoms with Gasteiger partial charge in [-0.1, -0.05) is 102 Å². The predicted octanol–water partition coefficient (Wildman–Crippen LogP) is 4.56. The van der Waals surface area contributed by atoms with E-state index in [1.54, 1.807) is 0 Å². The Balaban J connectivity index is 0.000000169. The summed E-state index contributed by atoms with van der Waals surface area (Å²) in [5.74, 6) is 0.706. The van der Waals surface area contributed by atoms with Crippen molar-refractivity contribution in [3.05, 3.63) is 166 Å². The number of hydrogen-bond acceptors (Lipinski definition) is 2. The molecule has 3 nitrogen and oxygen atoms in total. The van der Waals surface area contributed by atoms with E-state index >= 15 is 0 Å². The van der Waals surface area contributed by atoms with E-state index in [0.29, 0.717) is 11.8 Å². The summed E-state index contributed by atoms with van der Waals surface area (Å²) in [6.45, 7) is 0. The molecule has 0 fully saturated rings. The molecule has 1 aliphatic rings. The fraction of sp³-hybridized carbons (Fsp3) is 0.0556. The largest absolute Gasteiger partial charge is 1.00 e.